The Bertz CT molecular complexity index is 967. The Hall–Kier alpha value is -1.16. The van der Waals surface area contributed by atoms with Crippen molar-refractivity contribution in [2.45, 2.75) is 98.5 Å². The zero-order valence-corrected chi connectivity index (χ0v) is 21.1. The third kappa shape index (κ3) is 2.25. The van der Waals surface area contributed by atoms with Crippen molar-refractivity contribution >= 4 is 11.8 Å². The maximum atomic E-state index is 12.8. The van der Waals surface area contributed by atoms with Crippen molar-refractivity contribution in [2.75, 3.05) is 0 Å². The molecule has 4 heteroatoms. The van der Waals surface area contributed by atoms with Crippen LogP contribution in [0.3, 0.4) is 0 Å². The average molecular weight is 455 g/mol. The SMILES string of the molecule is CC1C(=O)CCC2(C)C1CCC1(C)C2C=CC23CC12CCC1(C(=O)O)CCC(C)(C)C(O)C13. The van der Waals surface area contributed by atoms with Gasteiger partial charge in [-0.2, -0.15) is 0 Å². The van der Waals surface area contributed by atoms with Crippen LogP contribution in [0.4, 0.5) is 0 Å². The van der Waals surface area contributed by atoms with Crippen LogP contribution in [0.25, 0.3) is 0 Å². The number of aliphatic hydroxyl groups excluding tert-OH is 1. The summed E-state index contributed by atoms with van der Waals surface area (Å²) in [6.45, 7) is 11.4. The molecule has 4 nitrogen and oxygen atoms in total. The average Bonchev–Trinajstić information content (AvgIpc) is 3.45. The van der Waals surface area contributed by atoms with Crippen LogP contribution < -0.4 is 0 Å². The number of Topliss-reactive ketones (excluding diaryl/α,β-unsaturated/α-hetero) is 1. The molecule has 0 radical (unpaired) electrons. The van der Waals surface area contributed by atoms with E-state index in [1.165, 1.54) is 0 Å². The number of carboxylic acid groups (broad SMARTS) is 1. The summed E-state index contributed by atoms with van der Waals surface area (Å²) < 4.78 is 0. The number of hydrogen-bond acceptors (Lipinski definition) is 3. The zero-order valence-electron chi connectivity index (χ0n) is 21.1. The molecular weight excluding hydrogens is 412 g/mol. The number of rotatable bonds is 1. The summed E-state index contributed by atoms with van der Waals surface area (Å²) in [6, 6.07) is 0. The van der Waals surface area contributed by atoms with Gasteiger partial charge in [-0.05, 0) is 84.9 Å². The van der Waals surface area contributed by atoms with Gasteiger partial charge in [0, 0.05) is 23.7 Å². The van der Waals surface area contributed by atoms with Crippen molar-refractivity contribution in [3.63, 3.8) is 0 Å². The first-order valence-corrected chi connectivity index (χ1v) is 13.5. The van der Waals surface area contributed by atoms with Gasteiger partial charge in [0.25, 0.3) is 0 Å². The molecule has 6 aliphatic carbocycles. The number of allylic oxidation sites excluding steroid dienone is 2. The number of carbonyl (C=O) groups is 2. The highest BCUT2D eigenvalue weighted by atomic mass is 16.4. The van der Waals surface area contributed by atoms with E-state index in [1.807, 2.05) is 0 Å². The summed E-state index contributed by atoms with van der Waals surface area (Å²) in [5.41, 5.74) is -0.902. The summed E-state index contributed by atoms with van der Waals surface area (Å²) in [5.74, 6) is 0.582. The third-order valence-electron chi connectivity index (χ3n) is 13.2. The summed E-state index contributed by atoms with van der Waals surface area (Å²) in [5, 5.41) is 22.2. The van der Waals surface area contributed by atoms with Gasteiger partial charge in [-0.1, -0.05) is 46.8 Å². The Labute approximate surface area is 198 Å². The molecular formula is C29H42O4. The van der Waals surface area contributed by atoms with Gasteiger partial charge in [-0.15, -0.1) is 0 Å². The summed E-state index contributed by atoms with van der Waals surface area (Å²) >= 11 is 0. The summed E-state index contributed by atoms with van der Waals surface area (Å²) in [4.78, 5) is 25.4. The maximum absolute atomic E-state index is 12.8. The van der Waals surface area contributed by atoms with E-state index < -0.39 is 17.5 Å². The van der Waals surface area contributed by atoms with E-state index in [-0.39, 0.29) is 38.9 Å². The van der Waals surface area contributed by atoms with Crippen molar-refractivity contribution in [3.05, 3.63) is 12.2 Å². The minimum Gasteiger partial charge on any atom is -0.481 e. The van der Waals surface area contributed by atoms with Crippen molar-refractivity contribution in [2.24, 2.45) is 56.2 Å². The number of aliphatic hydroxyl groups is 1. The van der Waals surface area contributed by atoms with Crippen LogP contribution >= 0.6 is 0 Å². The lowest BCUT2D eigenvalue weighted by Crippen LogP contribution is -2.64. The van der Waals surface area contributed by atoms with Gasteiger partial charge in [0.05, 0.1) is 11.5 Å². The van der Waals surface area contributed by atoms with Gasteiger partial charge in [0.2, 0.25) is 0 Å². The Kier molecular flexibility index (Phi) is 4.16. The second-order valence-electron chi connectivity index (χ2n) is 14.3. The van der Waals surface area contributed by atoms with E-state index in [2.05, 4.69) is 46.8 Å². The first kappa shape index (κ1) is 22.3. The Morgan fingerprint density at radius 2 is 1.73 bits per heavy atom. The van der Waals surface area contributed by atoms with Crippen LogP contribution in [0.1, 0.15) is 92.4 Å². The number of aliphatic carboxylic acids is 1. The topological polar surface area (TPSA) is 74.6 Å². The highest BCUT2D eigenvalue weighted by molar-refractivity contribution is 5.82. The maximum Gasteiger partial charge on any atom is 0.310 e. The standard InChI is InChI=1S/C29H42O4/c1-17-18-6-10-26(5)20(25(18,4)9-7-19(17)30)8-11-28-16-29(26,28)15-14-27(23(32)33)13-12-24(2,3)22(31)21(27)28/h8,11,17-18,20-22,31H,6-7,9-10,12-16H2,1-5H3,(H,32,33). The molecule has 0 aliphatic heterocycles. The third-order valence-corrected chi connectivity index (χ3v) is 13.2. The van der Waals surface area contributed by atoms with E-state index in [1.54, 1.807) is 0 Å². The molecule has 0 spiro atoms. The fourth-order valence-corrected chi connectivity index (χ4v) is 11.1. The van der Waals surface area contributed by atoms with Crippen molar-refractivity contribution in [1.82, 2.24) is 0 Å². The zero-order chi connectivity index (χ0) is 23.8. The molecule has 0 aromatic carbocycles. The predicted octanol–water partition coefficient (Wildman–Crippen LogP) is 5.63. The van der Waals surface area contributed by atoms with Gasteiger partial charge in [-0.25, -0.2) is 0 Å². The highest BCUT2D eigenvalue weighted by Gasteiger charge is 2.85. The second-order valence-corrected chi connectivity index (χ2v) is 14.3. The first-order valence-electron chi connectivity index (χ1n) is 13.5. The monoisotopic (exact) mass is 454 g/mol. The van der Waals surface area contributed by atoms with Crippen LogP contribution in [0.5, 0.6) is 0 Å². The van der Waals surface area contributed by atoms with E-state index in [0.717, 1.165) is 38.5 Å². The molecule has 5 fully saturated rings. The molecule has 5 saturated carbocycles. The lowest BCUT2D eigenvalue weighted by molar-refractivity contribution is -0.202. The Morgan fingerprint density at radius 1 is 1.03 bits per heavy atom. The Morgan fingerprint density at radius 3 is 2.42 bits per heavy atom. The molecule has 182 valence electrons. The molecule has 0 saturated heterocycles. The molecule has 0 heterocycles. The quantitative estimate of drug-likeness (QED) is 0.503. The molecule has 33 heavy (non-hydrogen) atoms. The van der Waals surface area contributed by atoms with Crippen LogP contribution in [0.15, 0.2) is 12.2 Å². The lowest BCUT2D eigenvalue weighted by Gasteiger charge is -2.66. The van der Waals surface area contributed by atoms with E-state index >= 15 is 0 Å². The van der Waals surface area contributed by atoms with Gasteiger partial charge >= 0.3 is 5.97 Å². The Balaban J connectivity index is 1.48. The molecule has 0 aromatic rings. The van der Waals surface area contributed by atoms with Crippen LogP contribution in [-0.4, -0.2) is 28.1 Å². The normalized spacial score (nSPS) is 58.2. The lowest BCUT2D eigenvalue weighted by atomic mass is 9.37. The minimum absolute atomic E-state index is 0.0934. The molecule has 0 bridgehead atoms. The van der Waals surface area contributed by atoms with E-state index in [4.69, 9.17) is 0 Å². The molecule has 10 unspecified atom stereocenters. The van der Waals surface area contributed by atoms with Crippen LogP contribution in [-0.2, 0) is 9.59 Å². The van der Waals surface area contributed by atoms with Crippen molar-refractivity contribution in [3.8, 4) is 0 Å². The fourth-order valence-electron chi connectivity index (χ4n) is 11.1. The second kappa shape index (κ2) is 6.15. The van der Waals surface area contributed by atoms with Gasteiger partial charge in [0.15, 0.2) is 0 Å². The van der Waals surface area contributed by atoms with Gasteiger partial charge in [0.1, 0.15) is 5.78 Å². The highest BCUT2D eigenvalue weighted by Crippen LogP contribution is 2.89. The molecule has 0 aromatic heterocycles. The first-order chi connectivity index (χ1) is 15.3. The minimum atomic E-state index is -0.796. The largest absolute Gasteiger partial charge is 0.481 e. The number of fused-ring (bicyclic) bond motifs is 4. The van der Waals surface area contributed by atoms with E-state index in [0.29, 0.717) is 36.9 Å². The number of hydrogen-bond donors (Lipinski definition) is 2. The molecule has 6 rings (SSSR count). The van der Waals surface area contributed by atoms with Gasteiger partial charge in [-0.3, -0.25) is 9.59 Å². The molecule has 2 N–H and O–H groups in total. The predicted molar refractivity (Wildman–Crippen MR) is 126 cm³/mol. The van der Waals surface area contributed by atoms with Crippen LogP contribution in [0.2, 0.25) is 0 Å². The van der Waals surface area contributed by atoms with Crippen LogP contribution in [0, 0.1) is 56.2 Å². The van der Waals surface area contributed by atoms with Crippen molar-refractivity contribution < 1.29 is 19.8 Å². The fraction of sp³-hybridized carbons (Fsp3) is 0.862. The van der Waals surface area contributed by atoms with Gasteiger partial charge < -0.3 is 10.2 Å². The van der Waals surface area contributed by atoms with Crippen molar-refractivity contribution in [1.29, 1.82) is 0 Å². The number of carboxylic acids is 1. The number of carbonyl (C=O) groups excluding carboxylic acids is 1. The number of ketones is 1. The molecule has 10 atom stereocenters. The summed E-state index contributed by atoms with van der Waals surface area (Å²) in [7, 11) is 0. The van der Waals surface area contributed by atoms with E-state index in [9.17, 15) is 19.8 Å². The summed E-state index contributed by atoms with van der Waals surface area (Å²) in [6.07, 6.45) is 12.3. The smallest absolute Gasteiger partial charge is 0.310 e. The molecule has 0 amide bonds. The molecule has 6 aliphatic rings.